The number of benzene rings is 2. The Bertz CT molecular complexity index is 1690. The maximum Gasteiger partial charge on any atom is 0.264 e. The third-order valence-electron chi connectivity index (χ3n) is 11.9. The molecule has 0 radical (unpaired) electrons. The molecule has 7 rings (SSSR count). The Morgan fingerprint density at radius 2 is 1.92 bits per heavy atom. The van der Waals surface area contributed by atoms with Crippen LogP contribution in [0.15, 0.2) is 36.4 Å². The standard InChI is InChI=1S/C36H46ClN3O7S/c1-22-14-28(40-12-13-46-19-34(40)42)17-32(41)29-8-5-26(29)18-39-20-36(11-3-4-24-15-27(37)7-9-30(24)36)21-47-33-10-6-25(16-31(33)39)35(43)38-48(44,45)23(22)2/h6-7,9-10,15-16,22-23,26,28-29,32,41H,3-5,8,11-14,17-21H2,1-2H3,(H,38,43)/t22-,23+,26-,28+,29+,32+,36-/m0/s1. The van der Waals surface area contributed by atoms with Crippen LogP contribution in [0.1, 0.15) is 73.9 Å². The van der Waals surface area contributed by atoms with Crippen LogP contribution < -0.4 is 14.4 Å². The van der Waals surface area contributed by atoms with Crippen molar-refractivity contribution in [3.63, 3.8) is 0 Å². The van der Waals surface area contributed by atoms with E-state index in [-0.39, 0.29) is 41.4 Å². The number of halogens is 1. The van der Waals surface area contributed by atoms with Crippen molar-refractivity contribution in [2.45, 2.75) is 81.6 Å². The second-order valence-corrected chi connectivity index (χ2v) is 17.3. The molecule has 2 fully saturated rings. The van der Waals surface area contributed by atoms with Crippen molar-refractivity contribution >= 4 is 39.1 Å². The summed E-state index contributed by atoms with van der Waals surface area (Å²) < 4.78 is 41.5. The monoisotopic (exact) mass is 699 g/mol. The molecule has 0 aromatic heterocycles. The van der Waals surface area contributed by atoms with E-state index in [4.69, 9.17) is 21.1 Å². The second kappa shape index (κ2) is 13.1. The molecule has 2 bridgehead atoms. The first-order valence-electron chi connectivity index (χ1n) is 17.4. The van der Waals surface area contributed by atoms with Crippen molar-refractivity contribution in [2.24, 2.45) is 17.8 Å². The highest BCUT2D eigenvalue weighted by molar-refractivity contribution is 7.90. The number of anilines is 1. The Kier molecular flexibility index (Phi) is 9.19. The molecule has 1 spiro atoms. The number of hydrogen-bond acceptors (Lipinski definition) is 8. The first kappa shape index (κ1) is 33.6. The summed E-state index contributed by atoms with van der Waals surface area (Å²) in [6.45, 7) is 5.97. The number of morpholine rings is 1. The van der Waals surface area contributed by atoms with E-state index in [1.54, 1.807) is 30.0 Å². The van der Waals surface area contributed by atoms with Gasteiger partial charge in [-0.1, -0.05) is 24.6 Å². The SMILES string of the molecule is C[C@@H]1[C@@H](C)C[C@@H](N2CCOCC2=O)C[C@@H](O)[C@@H]2CC[C@H]2CN2C[C@@]3(CCCc4cc(Cl)ccc43)COc3ccc(cc32)C(=O)NS1(=O)=O. The first-order chi connectivity index (χ1) is 22.9. The summed E-state index contributed by atoms with van der Waals surface area (Å²) in [6.07, 6.45) is 4.79. The minimum absolute atomic E-state index is 0.0227. The number of ether oxygens (including phenoxy) is 2. The lowest BCUT2D eigenvalue weighted by atomic mass is 9.67. The lowest BCUT2D eigenvalue weighted by Crippen LogP contribution is -2.53. The summed E-state index contributed by atoms with van der Waals surface area (Å²) in [5, 5.41) is 11.6. The number of aliphatic hydroxyl groups excluding tert-OH is 1. The fraction of sp³-hybridized carbons (Fsp3) is 0.611. The quantitative estimate of drug-likeness (QED) is 0.452. The molecule has 260 valence electrons. The van der Waals surface area contributed by atoms with E-state index < -0.39 is 33.2 Å². The van der Waals surface area contributed by atoms with E-state index in [0.29, 0.717) is 56.5 Å². The van der Waals surface area contributed by atoms with Crippen LogP contribution in [-0.4, -0.2) is 87.1 Å². The highest BCUT2D eigenvalue weighted by Gasteiger charge is 2.45. The van der Waals surface area contributed by atoms with Crippen LogP contribution in [0.5, 0.6) is 5.75 Å². The number of hydrogen-bond donors (Lipinski definition) is 2. The summed E-state index contributed by atoms with van der Waals surface area (Å²) >= 11 is 6.42. The van der Waals surface area contributed by atoms with Crippen molar-refractivity contribution in [1.82, 2.24) is 9.62 Å². The van der Waals surface area contributed by atoms with Crippen LogP contribution in [-0.2, 0) is 31.4 Å². The Hall–Kier alpha value is -2.86. The highest BCUT2D eigenvalue weighted by Crippen LogP contribution is 2.47. The third-order valence-corrected chi connectivity index (χ3v) is 14.0. The van der Waals surface area contributed by atoms with Crippen LogP contribution in [0.25, 0.3) is 0 Å². The normalized spacial score (nSPS) is 33.8. The van der Waals surface area contributed by atoms with Crippen molar-refractivity contribution < 1.29 is 32.6 Å². The predicted molar refractivity (Wildman–Crippen MR) is 183 cm³/mol. The van der Waals surface area contributed by atoms with Gasteiger partial charge in [0.15, 0.2) is 0 Å². The summed E-state index contributed by atoms with van der Waals surface area (Å²) in [5.41, 5.74) is 3.14. The van der Waals surface area contributed by atoms with Gasteiger partial charge >= 0.3 is 0 Å². The zero-order valence-corrected chi connectivity index (χ0v) is 29.3. The van der Waals surface area contributed by atoms with Crippen LogP contribution in [0.2, 0.25) is 5.02 Å². The zero-order chi connectivity index (χ0) is 33.8. The number of rotatable bonds is 1. The fourth-order valence-electron chi connectivity index (χ4n) is 8.79. The van der Waals surface area contributed by atoms with E-state index in [0.717, 1.165) is 37.8 Å². The van der Waals surface area contributed by atoms with Gasteiger partial charge in [0.25, 0.3) is 5.91 Å². The molecule has 2 amide bonds. The molecule has 2 N–H and O–H groups in total. The van der Waals surface area contributed by atoms with Gasteiger partial charge in [-0.15, -0.1) is 0 Å². The molecule has 3 aliphatic heterocycles. The van der Waals surface area contributed by atoms with Crippen LogP contribution in [0.3, 0.4) is 0 Å². The van der Waals surface area contributed by atoms with Gasteiger partial charge in [0, 0.05) is 41.7 Å². The molecule has 10 nitrogen and oxygen atoms in total. The number of amides is 2. The van der Waals surface area contributed by atoms with Gasteiger partial charge in [-0.2, -0.15) is 0 Å². The molecule has 48 heavy (non-hydrogen) atoms. The van der Waals surface area contributed by atoms with E-state index in [9.17, 15) is 23.1 Å². The number of aliphatic hydroxyl groups is 1. The van der Waals surface area contributed by atoms with E-state index in [2.05, 4.69) is 21.8 Å². The zero-order valence-electron chi connectivity index (χ0n) is 27.7. The summed E-state index contributed by atoms with van der Waals surface area (Å²) in [5.74, 6) is -0.354. The van der Waals surface area contributed by atoms with E-state index >= 15 is 0 Å². The lowest BCUT2D eigenvalue weighted by molar-refractivity contribution is -0.147. The van der Waals surface area contributed by atoms with Crippen molar-refractivity contribution in [3.8, 4) is 5.75 Å². The third kappa shape index (κ3) is 6.32. The maximum absolute atomic E-state index is 13.6. The fourth-order valence-corrected chi connectivity index (χ4v) is 10.3. The number of nitrogens with zero attached hydrogens (tertiary/aromatic N) is 2. The average Bonchev–Trinajstić information content (AvgIpc) is 3.18. The number of carbonyl (C=O) groups is 2. The first-order valence-corrected chi connectivity index (χ1v) is 19.3. The van der Waals surface area contributed by atoms with Crippen molar-refractivity contribution in [3.05, 3.63) is 58.1 Å². The highest BCUT2D eigenvalue weighted by atomic mass is 35.5. The molecule has 2 aromatic carbocycles. The van der Waals surface area contributed by atoms with Crippen molar-refractivity contribution in [2.75, 3.05) is 44.4 Å². The smallest absolute Gasteiger partial charge is 0.264 e. The molecule has 3 heterocycles. The summed E-state index contributed by atoms with van der Waals surface area (Å²) in [6, 6.07) is 10.9. The van der Waals surface area contributed by atoms with Crippen LogP contribution >= 0.6 is 11.6 Å². The molecule has 1 saturated heterocycles. The van der Waals surface area contributed by atoms with Gasteiger partial charge in [-0.3, -0.25) is 9.59 Å². The Morgan fingerprint density at radius 3 is 2.69 bits per heavy atom. The summed E-state index contributed by atoms with van der Waals surface area (Å²) in [7, 11) is -4.07. The second-order valence-electron chi connectivity index (χ2n) is 14.8. The molecular weight excluding hydrogens is 654 g/mol. The van der Waals surface area contributed by atoms with Crippen LogP contribution in [0.4, 0.5) is 5.69 Å². The molecular formula is C36H46ClN3O7S. The lowest BCUT2D eigenvalue weighted by Gasteiger charge is -2.47. The molecule has 0 unspecified atom stereocenters. The Labute approximate surface area is 288 Å². The maximum atomic E-state index is 13.6. The molecule has 1 saturated carbocycles. The topological polar surface area (TPSA) is 125 Å². The molecule has 2 aromatic rings. The van der Waals surface area contributed by atoms with Gasteiger partial charge in [-0.05, 0) is 111 Å². The van der Waals surface area contributed by atoms with Gasteiger partial charge in [0.05, 0.1) is 30.3 Å². The van der Waals surface area contributed by atoms with Gasteiger partial charge in [0.2, 0.25) is 15.9 Å². The Morgan fingerprint density at radius 1 is 1.08 bits per heavy atom. The predicted octanol–water partition coefficient (Wildman–Crippen LogP) is 4.31. The average molecular weight is 700 g/mol. The van der Waals surface area contributed by atoms with Gasteiger partial charge < -0.3 is 24.4 Å². The number of carbonyl (C=O) groups excluding carboxylic acids is 2. The summed E-state index contributed by atoms with van der Waals surface area (Å²) in [4.78, 5) is 30.7. The number of fused-ring (bicyclic) bond motifs is 4. The van der Waals surface area contributed by atoms with Gasteiger partial charge in [0.1, 0.15) is 12.4 Å². The number of sulfonamides is 1. The number of nitrogens with one attached hydrogen (secondary N) is 1. The van der Waals surface area contributed by atoms with Gasteiger partial charge in [-0.25, -0.2) is 13.1 Å². The molecule has 2 aliphatic carbocycles. The molecule has 7 atom stereocenters. The van der Waals surface area contributed by atoms with Crippen molar-refractivity contribution in [1.29, 1.82) is 0 Å². The number of aryl methyl sites for hydroxylation is 1. The minimum atomic E-state index is -4.07. The largest absolute Gasteiger partial charge is 0.490 e. The minimum Gasteiger partial charge on any atom is -0.490 e. The van der Waals surface area contributed by atoms with E-state index in [1.165, 1.54) is 11.1 Å². The molecule has 12 heteroatoms. The molecule has 5 aliphatic rings. The Balaban J connectivity index is 1.28. The van der Waals surface area contributed by atoms with E-state index in [1.807, 2.05) is 13.0 Å². The van der Waals surface area contributed by atoms with Crippen LogP contribution in [0, 0.1) is 17.8 Å².